The minimum atomic E-state index is -3.54. The molecule has 0 radical (unpaired) electrons. The maximum absolute atomic E-state index is 12.7. The van der Waals surface area contributed by atoms with Crippen molar-refractivity contribution in [1.29, 1.82) is 0 Å². The molecule has 6 nitrogen and oxygen atoms in total. The Morgan fingerprint density at radius 2 is 1.62 bits per heavy atom. The van der Waals surface area contributed by atoms with Crippen molar-refractivity contribution in [2.24, 2.45) is 0 Å². The largest absolute Gasteiger partial charge is 0.454 e. The zero-order valence-electron chi connectivity index (χ0n) is 16.7. The van der Waals surface area contributed by atoms with Crippen LogP contribution in [-0.2, 0) is 14.8 Å². The molecule has 1 fully saturated rings. The number of ether oxygens (including phenoxy) is 1. The number of ketones is 1. The smallest absolute Gasteiger partial charge is 0.338 e. The fourth-order valence-electron chi connectivity index (χ4n) is 3.32. The molecule has 0 aliphatic carbocycles. The van der Waals surface area contributed by atoms with E-state index in [0.29, 0.717) is 24.2 Å². The average molecular weight is 416 g/mol. The second-order valence-electron chi connectivity index (χ2n) is 7.31. The first-order valence-corrected chi connectivity index (χ1v) is 11.1. The Kier molecular flexibility index (Phi) is 6.49. The lowest BCUT2D eigenvalue weighted by molar-refractivity contribution is 0.0474. The highest BCUT2D eigenvalue weighted by atomic mass is 32.2. The Morgan fingerprint density at radius 3 is 2.28 bits per heavy atom. The van der Waals surface area contributed by atoms with Gasteiger partial charge in [0.15, 0.2) is 12.4 Å². The van der Waals surface area contributed by atoms with Crippen LogP contribution in [0.15, 0.2) is 47.4 Å². The third-order valence-electron chi connectivity index (χ3n) is 5.08. The number of carbonyl (C=O) groups is 2. The van der Waals surface area contributed by atoms with E-state index < -0.39 is 22.6 Å². The summed E-state index contributed by atoms with van der Waals surface area (Å²) in [6.07, 6.45) is 2.77. The van der Waals surface area contributed by atoms with E-state index in [1.807, 2.05) is 19.1 Å². The van der Waals surface area contributed by atoms with Crippen LogP contribution < -0.4 is 0 Å². The minimum Gasteiger partial charge on any atom is -0.454 e. The monoisotopic (exact) mass is 415 g/mol. The van der Waals surface area contributed by atoms with Gasteiger partial charge >= 0.3 is 5.97 Å². The molecular formula is C22H25NO5S. The number of nitrogens with zero attached hydrogens (tertiary/aromatic N) is 1. The first kappa shape index (κ1) is 21.2. The molecule has 1 aliphatic rings. The molecule has 3 rings (SSSR count). The van der Waals surface area contributed by atoms with E-state index in [0.717, 1.165) is 30.4 Å². The lowest BCUT2D eigenvalue weighted by Crippen LogP contribution is -2.35. The van der Waals surface area contributed by atoms with Crippen LogP contribution in [-0.4, -0.2) is 44.2 Å². The van der Waals surface area contributed by atoms with Crippen molar-refractivity contribution in [2.45, 2.75) is 38.0 Å². The number of hydrogen-bond donors (Lipinski definition) is 0. The molecule has 1 saturated heterocycles. The Balaban J connectivity index is 1.64. The molecule has 0 amide bonds. The van der Waals surface area contributed by atoms with Crippen LogP contribution in [0.25, 0.3) is 0 Å². The Labute approximate surface area is 171 Å². The number of sulfonamides is 1. The molecule has 154 valence electrons. The summed E-state index contributed by atoms with van der Waals surface area (Å²) in [5.74, 6) is -0.936. The molecule has 1 aliphatic heterocycles. The van der Waals surface area contributed by atoms with Crippen LogP contribution in [0.4, 0.5) is 0 Å². The van der Waals surface area contributed by atoms with E-state index >= 15 is 0 Å². The zero-order chi connectivity index (χ0) is 21.0. The van der Waals surface area contributed by atoms with Gasteiger partial charge in [-0.2, -0.15) is 4.31 Å². The summed E-state index contributed by atoms with van der Waals surface area (Å²) >= 11 is 0. The van der Waals surface area contributed by atoms with Gasteiger partial charge in [0.05, 0.1) is 10.5 Å². The molecule has 2 aromatic carbocycles. The number of Topliss-reactive ketones (excluding diaryl/α,β-unsaturated/α-hetero) is 1. The second kappa shape index (κ2) is 8.88. The number of esters is 1. The number of rotatable bonds is 6. The topological polar surface area (TPSA) is 80.8 Å². The summed E-state index contributed by atoms with van der Waals surface area (Å²) in [6.45, 7) is 4.33. The van der Waals surface area contributed by atoms with E-state index in [2.05, 4.69) is 0 Å². The highest BCUT2D eigenvalue weighted by molar-refractivity contribution is 7.89. The summed E-state index contributed by atoms with van der Waals surface area (Å²) in [5.41, 5.74) is 2.44. The Bertz CT molecular complexity index is 1010. The molecule has 2 aromatic rings. The van der Waals surface area contributed by atoms with Gasteiger partial charge in [-0.25, -0.2) is 13.2 Å². The average Bonchev–Trinajstić information content (AvgIpc) is 2.74. The van der Waals surface area contributed by atoms with Crippen molar-refractivity contribution in [2.75, 3.05) is 19.7 Å². The van der Waals surface area contributed by atoms with Crippen LogP contribution in [0.3, 0.4) is 0 Å². The van der Waals surface area contributed by atoms with Crippen molar-refractivity contribution >= 4 is 21.8 Å². The molecule has 0 unspecified atom stereocenters. The lowest BCUT2D eigenvalue weighted by atomic mass is 10.1. The number of aryl methyl sites for hydroxylation is 2. The molecule has 0 N–H and O–H groups in total. The third kappa shape index (κ3) is 4.92. The Morgan fingerprint density at radius 1 is 0.966 bits per heavy atom. The molecule has 29 heavy (non-hydrogen) atoms. The van der Waals surface area contributed by atoms with E-state index in [1.165, 1.54) is 28.6 Å². The number of hydrogen-bond acceptors (Lipinski definition) is 5. The van der Waals surface area contributed by atoms with Gasteiger partial charge in [0.1, 0.15) is 0 Å². The lowest BCUT2D eigenvalue weighted by Gasteiger charge is -2.25. The van der Waals surface area contributed by atoms with Gasteiger partial charge in [-0.05, 0) is 62.6 Å². The molecule has 0 spiro atoms. The third-order valence-corrected chi connectivity index (χ3v) is 6.99. The molecular weight excluding hydrogens is 390 g/mol. The molecule has 7 heteroatoms. The first-order valence-electron chi connectivity index (χ1n) is 9.67. The van der Waals surface area contributed by atoms with Crippen molar-refractivity contribution in [3.63, 3.8) is 0 Å². The zero-order valence-corrected chi connectivity index (χ0v) is 17.5. The van der Waals surface area contributed by atoms with Crippen molar-refractivity contribution in [1.82, 2.24) is 4.31 Å². The van der Waals surface area contributed by atoms with Crippen molar-refractivity contribution < 1.29 is 22.7 Å². The molecule has 0 aromatic heterocycles. The van der Waals surface area contributed by atoms with Crippen LogP contribution in [0.5, 0.6) is 0 Å². The van der Waals surface area contributed by atoms with Gasteiger partial charge < -0.3 is 4.74 Å². The van der Waals surface area contributed by atoms with Gasteiger partial charge in [-0.3, -0.25) is 4.79 Å². The summed E-state index contributed by atoms with van der Waals surface area (Å²) in [6, 6.07) is 11.2. The van der Waals surface area contributed by atoms with Gasteiger partial charge in [-0.1, -0.05) is 24.1 Å². The highest BCUT2D eigenvalue weighted by Crippen LogP contribution is 2.21. The van der Waals surface area contributed by atoms with Crippen LogP contribution in [0.1, 0.15) is 51.1 Å². The maximum Gasteiger partial charge on any atom is 0.338 e. The summed E-state index contributed by atoms with van der Waals surface area (Å²) < 4.78 is 32.0. The van der Waals surface area contributed by atoms with Crippen molar-refractivity contribution in [3.05, 3.63) is 64.7 Å². The quantitative estimate of drug-likeness (QED) is 0.533. The molecule has 0 bridgehead atoms. The molecule has 1 heterocycles. The molecule has 0 saturated carbocycles. The Hall–Kier alpha value is -2.51. The highest BCUT2D eigenvalue weighted by Gasteiger charge is 2.26. The van der Waals surface area contributed by atoms with Crippen LogP contribution in [0.2, 0.25) is 0 Å². The fourth-order valence-corrected chi connectivity index (χ4v) is 4.83. The van der Waals surface area contributed by atoms with Gasteiger partial charge in [-0.15, -0.1) is 0 Å². The number of carbonyl (C=O) groups excluding carboxylic acids is 2. The predicted molar refractivity (Wildman–Crippen MR) is 110 cm³/mol. The van der Waals surface area contributed by atoms with E-state index in [9.17, 15) is 18.0 Å². The second-order valence-corrected chi connectivity index (χ2v) is 9.24. The standard InChI is InChI=1S/C22H25NO5S/c1-16-6-7-17(2)20(14-16)22(25)28-15-21(24)18-8-10-19(11-9-18)29(26,27)23-12-4-3-5-13-23/h6-11,14H,3-5,12-13,15H2,1-2H3. The van der Waals surface area contributed by atoms with Gasteiger partial charge in [0.2, 0.25) is 10.0 Å². The minimum absolute atomic E-state index is 0.170. The summed E-state index contributed by atoms with van der Waals surface area (Å²) in [7, 11) is -3.54. The van der Waals surface area contributed by atoms with Crippen LogP contribution >= 0.6 is 0 Å². The van der Waals surface area contributed by atoms with E-state index in [4.69, 9.17) is 4.74 Å². The van der Waals surface area contributed by atoms with E-state index in [-0.39, 0.29) is 10.7 Å². The first-order chi connectivity index (χ1) is 13.8. The maximum atomic E-state index is 12.7. The molecule has 0 atom stereocenters. The van der Waals surface area contributed by atoms with Crippen LogP contribution in [0, 0.1) is 13.8 Å². The number of piperidine rings is 1. The number of benzene rings is 2. The van der Waals surface area contributed by atoms with Gasteiger partial charge in [0, 0.05) is 18.7 Å². The van der Waals surface area contributed by atoms with Crippen molar-refractivity contribution in [3.8, 4) is 0 Å². The van der Waals surface area contributed by atoms with E-state index in [1.54, 1.807) is 13.0 Å². The summed E-state index contributed by atoms with van der Waals surface area (Å²) in [4.78, 5) is 24.8. The SMILES string of the molecule is Cc1ccc(C)c(C(=O)OCC(=O)c2ccc(S(=O)(=O)N3CCCCC3)cc2)c1. The summed E-state index contributed by atoms with van der Waals surface area (Å²) in [5, 5.41) is 0. The van der Waals surface area contributed by atoms with Gasteiger partial charge in [0.25, 0.3) is 0 Å². The fraction of sp³-hybridized carbons (Fsp3) is 0.364. The normalized spacial score (nSPS) is 15.1. The predicted octanol–water partition coefficient (Wildman–Crippen LogP) is 3.52.